The van der Waals surface area contributed by atoms with Crippen molar-refractivity contribution in [2.75, 3.05) is 19.7 Å². The monoisotopic (exact) mass is 261 g/mol. The van der Waals surface area contributed by atoms with E-state index in [1.165, 1.54) is 18.4 Å². The predicted octanol–water partition coefficient (Wildman–Crippen LogP) is 2.57. The molecule has 1 unspecified atom stereocenters. The number of aliphatic hydroxyl groups is 1. The highest BCUT2D eigenvalue weighted by molar-refractivity contribution is 5.17. The molecule has 104 valence electrons. The lowest BCUT2D eigenvalue weighted by molar-refractivity contribution is -0.0685. The van der Waals surface area contributed by atoms with E-state index in [4.69, 9.17) is 4.74 Å². The van der Waals surface area contributed by atoms with Crippen LogP contribution >= 0.6 is 0 Å². The molecule has 1 aliphatic carbocycles. The Bertz CT molecular complexity index is 391. The van der Waals surface area contributed by atoms with E-state index in [-0.39, 0.29) is 12.3 Å². The second-order valence-corrected chi connectivity index (χ2v) is 5.77. The lowest BCUT2D eigenvalue weighted by Gasteiger charge is -2.32. The molecule has 3 nitrogen and oxygen atoms in total. The topological polar surface area (TPSA) is 32.7 Å². The highest BCUT2D eigenvalue weighted by atomic mass is 16.5. The van der Waals surface area contributed by atoms with Crippen LogP contribution in [0.25, 0.3) is 0 Å². The lowest BCUT2D eigenvalue weighted by atomic mass is 10.1. The SMILES string of the molecule is OC1CCO[C@@H](c2ccccc2)CCN1CC1CC1. The van der Waals surface area contributed by atoms with Gasteiger partial charge in [-0.15, -0.1) is 0 Å². The first-order valence-electron chi connectivity index (χ1n) is 7.41. The zero-order chi connectivity index (χ0) is 13.1. The summed E-state index contributed by atoms with van der Waals surface area (Å²) in [7, 11) is 0. The Morgan fingerprint density at radius 2 is 1.89 bits per heavy atom. The molecule has 1 aliphatic heterocycles. The van der Waals surface area contributed by atoms with Gasteiger partial charge in [-0.3, -0.25) is 4.90 Å². The van der Waals surface area contributed by atoms with E-state index in [1.807, 2.05) is 6.07 Å². The van der Waals surface area contributed by atoms with E-state index in [9.17, 15) is 5.11 Å². The van der Waals surface area contributed by atoms with E-state index in [2.05, 4.69) is 29.2 Å². The zero-order valence-electron chi connectivity index (χ0n) is 11.4. The number of nitrogens with zero attached hydrogens (tertiary/aromatic N) is 1. The van der Waals surface area contributed by atoms with Crippen LogP contribution in [0.2, 0.25) is 0 Å². The first-order chi connectivity index (χ1) is 9.33. The van der Waals surface area contributed by atoms with Crippen molar-refractivity contribution >= 4 is 0 Å². The van der Waals surface area contributed by atoms with Crippen molar-refractivity contribution in [3.05, 3.63) is 35.9 Å². The van der Waals surface area contributed by atoms with E-state index in [1.54, 1.807) is 0 Å². The van der Waals surface area contributed by atoms with Crippen molar-refractivity contribution < 1.29 is 9.84 Å². The molecule has 1 aromatic carbocycles. The molecule has 1 aromatic rings. The minimum Gasteiger partial charge on any atom is -0.378 e. The van der Waals surface area contributed by atoms with Crippen LogP contribution in [0.15, 0.2) is 30.3 Å². The van der Waals surface area contributed by atoms with Crippen LogP contribution < -0.4 is 0 Å². The smallest absolute Gasteiger partial charge is 0.109 e. The van der Waals surface area contributed by atoms with E-state index in [0.29, 0.717) is 6.61 Å². The molecule has 0 bridgehead atoms. The highest BCUT2D eigenvalue weighted by Gasteiger charge is 2.29. The molecule has 2 aliphatic rings. The van der Waals surface area contributed by atoms with Crippen LogP contribution in [-0.2, 0) is 4.74 Å². The first-order valence-corrected chi connectivity index (χ1v) is 7.41. The van der Waals surface area contributed by atoms with Gasteiger partial charge in [-0.1, -0.05) is 30.3 Å². The Kier molecular flexibility index (Phi) is 4.16. The van der Waals surface area contributed by atoms with Gasteiger partial charge in [-0.25, -0.2) is 0 Å². The molecule has 2 fully saturated rings. The molecular weight excluding hydrogens is 238 g/mol. The van der Waals surface area contributed by atoms with Crippen LogP contribution in [0.4, 0.5) is 0 Å². The predicted molar refractivity (Wildman–Crippen MR) is 74.7 cm³/mol. The fourth-order valence-corrected chi connectivity index (χ4v) is 2.79. The van der Waals surface area contributed by atoms with Crippen molar-refractivity contribution in [2.24, 2.45) is 5.92 Å². The Hall–Kier alpha value is -0.900. The summed E-state index contributed by atoms with van der Waals surface area (Å²) in [5, 5.41) is 10.2. The van der Waals surface area contributed by atoms with E-state index in [0.717, 1.165) is 31.8 Å². The molecule has 2 atom stereocenters. The Balaban J connectivity index is 1.62. The molecule has 1 N–H and O–H groups in total. The van der Waals surface area contributed by atoms with Gasteiger partial charge in [-0.05, 0) is 30.7 Å². The second-order valence-electron chi connectivity index (χ2n) is 5.77. The second kappa shape index (κ2) is 6.04. The molecule has 3 heteroatoms. The van der Waals surface area contributed by atoms with Crippen LogP contribution in [0.3, 0.4) is 0 Å². The quantitative estimate of drug-likeness (QED) is 0.907. The fourth-order valence-electron chi connectivity index (χ4n) is 2.79. The van der Waals surface area contributed by atoms with E-state index >= 15 is 0 Å². The first kappa shape index (κ1) is 13.1. The minimum atomic E-state index is -0.322. The van der Waals surface area contributed by atoms with Crippen molar-refractivity contribution in [2.45, 2.75) is 38.0 Å². The molecule has 0 spiro atoms. The standard InChI is InChI=1S/C16H23NO2/c18-16-9-11-19-15(14-4-2-1-3-5-14)8-10-17(16)12-13-6-7-13/h1-5,13,15-16,18H,6-12H2/t15-,16?/m1/s1. The van der Waals surface area contributed by atoms with Gasteiger partial charge in [0.1, 0.15) is 6.23 Å². The minimum absolute atomic E-state index is 0.176. The number of hydrogen-bond donors (Lipinski definition) is 1. The van der Waals surface area contributed by atoms with Crippen LogP contribution in [0, 0.1) is 5.92 Å². The molecule has 0 radical (unpaired) electrons. The summed E-state index contributed by atoms with van der Waals surface area (Å²) < 4.78 is 5.92. The summed E-state index contributed by atoms with van der Waals surface area (Å²) in [6.45, 7) is 2.63. The fraction of sp³-hybridized carbons (Fsp3) is 0.625. The summed E-state index contributed by atoms with van der Waals surface area (Å²) in [6.07, 6.45) is 4.21. The van der Waals surface area contributed by atoms with Gasteiger partial charge in [0.25, 0.3) is 0 Å². The van der Waals surface area contributed by atoms with Crippen molar-refractivity contribution in [1.82, 2.24) is 4.90 Å². The van der Waals surface area contributed by atoms with E-state index < -0.39 is 0 Å². The third-order valence-electron chi connectivity index (χ3n) is 4.16. The molecule has 0 aromatic heterocycles. The number of hydrogen-bond acceptors (Lipinski definition) is 3. The van der Waals surface area contributed by atoms with Crippen LogP contribution in [0.1, 0.15) is 37.4 Å². The summed E-state index contributed by atoms with van der Waals surface area (Å²) in [5.74, 6) is 0.824. The summed E-state index contributed by atoms with van der Waals surface area (Å²) in [4.78, 5) is 2.25. The van der Waals surface area contributed by atoms with Crippen molar-refractivity contribution in [1.29, 1.82) is 0 Å². The number of rotatable bonds is 3. The maximum atomic E-state index is 10.2. The molecule has 19 heavy (non-hydrogen) atoms. The number of aliphatic hydroxyl groups excluding tert-OH is 1. The molecule has 3 rings (SSSR count). The van der Waals surface area contributed by atoms with Gasteiger partial charge < -0.3 is 9.84 Å². The van der Waals surface area contributed by atoms with Crippen molar-refractivity contribution in [3.8, 4) is 0 Å². The summed E-state index contributed by atoms with van der Waals surface area (Å²) >= 11 is 0. The molecule has 1 heterocycles. The molecular formula is C16H23NO2. The van der Waals surface area contributed by atoms with Gasteiger partial charge in [-0.2, -0.15) is 0 Å². The highest BCUT2D eigenvalue weighted by Crippen LogP contribution is 2.32. The van der Waals surface area contributed by atoms with Crippen LogP contribution in [-0.4, -0.2) is 35.9 Å². The van der Waals surface area contributed by atoms with Crippen LogP contribution in [0.5, 0.6) is 0 Å². The third kappa shape index (κ3) is 3.56. The Labute approximate surface area is 115 Å². The van der Waals surface area contributed by atoms with Gasteiger partial charge in [0.2, 0.25) is 0 Å². The zero-order valence-corrected chi connectivity index (χ0v) is 11.4. The lowest BCUT2D eigenvalue weighted by Crippen LogP contribution is -2.40. The summed E-state index contributed by atoms with van der Waals surface area (Å²) in [5.41, 5.74) is 1.25. The normalized spacial score (nSPS) is 29.7. The summed E-state index contributed by atoms with van der Waals surface area (Å²) in [6, 6.07) is 10.4. The maximum absolute atomic E-state index is 10.2. The Morgan fingerprint density at radius 1 is 1.11 bits per heavy atom. The average Bonchev–Trinajstić information content (AvgIpc) is 3.23. The maximum Gasteiger partial charge on any atom is 0.109 e. The van der Waals surface area contributed by atoms with Gasteiger partial charge in [0, 0.05) is 19.5 Å². The third-order valence-corrected chi connectivity index (χ3v) is 4.16. The number of ether oxygens (including phenoxy) is 1. The number of benzene rings is 1. The van der Waals surface area contributed by atoms with Gasteiger partial charge in [0.05, 0.1) is 12.7 Å². The van der Waals surface area contributed by atoms with Gasteiger partial charge in [0.15, 0.2) is 0 Å². The van der Waals surface area contributed by atoms with Gasteiger partial charge >= 0.3 is 0 Å². The van der Waals surface area contributed by atoms with Crippen molar-refractivity contribution in [3.63, 3.8) is 0 Å². The molecule has 0 amide bonds. The Morgan fingerprint density at radius 3 is 2.63 bits per heavy atom. The average molecular weight is 261 g/mol. The largest absolute Gasteiger partial charge is 0.378 e. The molecule has 1 saturated heterocycles. The molecule has 1 saturated carbocycles.